The number of aryl methyl sites for hydroxylation is 2. The molecule has 2 atom stereocenters. The molecule has 0 heterocycles. The number of carbonyl (C=O) groups is 2. The van der Waals surface area contributed by atoms with Crippen molar-refractivity contribution >= 4 is 50.7 Å². The van der Waals surface area contributed by atoms with Gasteiger partial charge in [0.2, 0.25) is 21.8 Å². The van der Waals surface area contributed by atoms with E-state index < -0.39 is 16.1 Å². The van der Waals surface area contributed by atoms with E-state index in [1.54, 1.807) is 24.3 Å². The quantitative estimate of drug-likeness (QED) is 0.319. The molecule has 2 unspecified atom stereocenters. The van der Waals surface area contributed by atoms with E-state index in [-0.39, 0.29) is 43.8 Å². The highest BCUT2D eigenvalue weighted by molar-refractivity contribution is 7.92. The van der Waals surface area contributed by atoms with Crippen molar-refractivity contribution in [2.24, 2.45) is 0 Å². The van der Waals surface area contributed by atoms with Crippen LogP contribution < -0.4 is 9.62 Å². The highest BCUT2D eigenvalue weighted by Crippen LogP contribution is 2.28. The van der Waals surface area contributed by atoms with Crippen molar-refractivity contribution in [3.8, 4) is 0 Å². The van der Waals surface area contributed by atoms with Gasteiger partial charge in [0.15, 0.2) is 0 Å². The van der Waals surface area contributed by atoms with Crippen LogP contribution in [0.5, 0.6) is 0 Å². The fourth-order valence-corrected chi connectivity index (χ4v) is 5.57. The number of halogens is 2. The summed E-state index contributed by atoms with van der Waals surface area (Å²) in [5.74, 6) is -0.521. The highest BCUT2D eigenvalue weighted by Gasteiger charge is 2.30. The largest absolute Gasteiger partial charge is 0.352 e. The second-order valence-corrected chi connectivity index (χ2v) is 12.4. The van der Waals surface area contributed by atoms with Crippen molar-refractivity contribution in [2.45, 2.75) is 78.9 Å². The molecule has 0 aliphatic rings. The minimum absolute atomic E-state index is 0.0429. The normalized spacial score (nSPS) is 13.1. The molecule has 0 aromatic heterocycles. The van der Waals surface area contributed by atoms with Crippen molar-refractivity contribution in [1.29, 1.82) is 0 Å². The lowest BCUT2D eigenvalue weighted by molar-refractivity contribution is -0.141. The van der Waals surface area contributed by atoms with Gasteiger partial charge in [0.25, 0.3) is 0 Å². The first-order valence-electron chi connectivity index (χ1n) is 12.9. The molecule has 0 fully saturated rings. The summed E-state index contributed by atoms with van der Waals surface area (Å²) >= 11 is 12.8. The maximum atomic E-state index is 13.6. The molecule has 2 rings (SSSR count). The lowest BCUT2D eigenvalue weighted by atomic mass is 10.1. The van der Waals surface area contributed by atoms with Gasteiger partial charge in [-0.3, -0.25) is 13.9 Å². The molecule has 0 radical (unpaired) electrons. The van der Waals surface area contributed by atoms with Crippen molar-refractivity contribution in [3.05, 3.63) is 63.1 Å². The molecule has 0 saturated heterocycles. The van der Waals surface area contributed by atoms with Crippen LogP contribution in [0.25, 0.3) is 0 Å². The summed E-state index contributed by atoms with van der Waals surface area (Å²) in [5, 5.41) is 3.79. The summed E-state index contributed by atoms with van der Waals surface area (Å²) in [6.07, 6.45) is 2.63. The van der Waals surface area contributed by atoms with E-state index in [9.17, 15) is 18.0 Å². The lowest BCUT2D eigenvalue weighted by Crippen LogP contribution is -2.50. The monoisotopic (exact) mass is 583 g/mol. The Labute approximate surface area is 237 Å². The second kappa shape index (κ2) is 14.2. The predicted octanol–water partition coefficient (Wildman–Crippen LogP) is 5.88. The molecular weight excluding hydrogens is 545 g/mol. The number of rotatable bonds is 13. The Kier molecular flexibility index (Phi) is 11.9. The van der Waals surface area contributed by atoms with Crippen LogP contribution in [0.1, 0.15) is 63.1 Å². The molecule has 0 aliphatic heterocycles. The topological polar surface area (TPSA) is 86.8 Å². The zero-order valence-electron chi connectivity index (χ0n) is 23.1. The number of anilines is 1. The van der Waals surface area contributed by atoms with Gasteiger partial charge in [-0.05, 0) is 75.4 Å². The van der Waals surface area contributed by atoms with Crippen LogP contribution in [-0.4, -0.2) is 50.0 Å². The minimum Gasteiger partial charge on any atom is -0.352 e. The van der Waals surface area contributed by atoms with Crippen LogP contribution in [-0.2, 0) is 26.2 Å². The van der Waals surface area contributed by atoms with E-state index in [4.69, 9.17) is 23.2 Å². The average Bonchev–Trinajstić information content (AvgIpc) is 2.84. The highest BCUT2D eigenvalue weighted by atomic mass is 35.5. The van der Waals surface area contributed by atoms with Crippen LogP contribution in [0.4, 0.5) is 5.69 Å². The van der Waals surface area contributed by atoms with Gasteiger partial charge in [0.1, 0.15) is 6.04 Å². The standard InChI is InChI=1S/C28H39Cl2N3O4S/c1-7-21(5)31-28(35)26(8-2)32(18-23-24(29)11-9-12-25(23)30)27(34)13-10-16-33(38(6,36)37)22-15-14-19(3)20(4)17-22/h9,11-12,14-15,17,21,26H,7-8,10,13,16,18H2,1-6H3,(H,31,35). The van der Waals surface area contributed by atoms with E-state index in [1.165, 1.54) is 9.21 Å². The van der Waals surface area contributed by atoms with Gasteiger partial charge in [-0.25, -0.2) is 8.42 Å². The Morgan fingerprint density at radius 2 is 1.63 bits per heavy atom. The molecule has 2 amide bonds. The number of sulfonamides is 1. The zero-order chi connectivity index (χ0) is 28.6. The van der Waals surface area contributed by atoms with Gasteiger partial charge in [0.05, 0.1) is 11.9 Å². The summed E-state index contributed by atoms with van der Waals surface area (Å²) < 4.78 is 26.5. The smallest absolute Gasteiger partial charge is 0.243 e. The molecule has 7 nitrogen and oxygen atoms in total. The molecule has 10 heteroatoms. The molecular formula is C28H39Cl2N3O4S. The summed E-state index contributed by atoms with van der Waals surface area (Å²) in [4.78, 5) is 28.2. The van der Waals surface area contributed by atoms with E-state index >= 15 is 0 Å². The Morgan fingerprint density at radius 3 is 2.16 bits per heavy atom. The first-order chi connectivity index (χ1) is 17.8. The van der Waals surface area contributed by atoms with Crippen LogP contribution in [0.15, 0.2) is 36.4 Å². The first-order valence-corrected chi connectivity index (χ1v) is 15.5. The average molecular weight is 585 g/mol. The van der Waals surface area contributed by atoms with Gasteiger partial charge in [-0.1, -0.05) is 49.2 Å². The maximum Gasteiger partial charge on any atom is 0.243 e. The van der Waals surface area contributed by atoms with Gasteiger partial charge < -0.3 is 10.2 Å². The van der Waals surface area contributed by atoms with Crippen LogP contribution >= 0.6 is 23.2 Å². The fourth-order valence-electron chi connectivity index (χ4n) is 4.10. The van der Waals surface area contributed by atoms with Gasteiger partial charge >= 0.3 is 0 Å². The van der Waals surface area contributed by atoms with Gasteiger partial charge in [-0.15, -0.1) is 0 Å². The molecule has 0 saturated carbocycles. The minimum atomic E-state index is -3.57. The number of benzene rings is 2. The van der Waals surface area contributed by atoms with Crippen LogP contribution in [0.3, 0.4) is 0 Å². The maximum absolute atomic E-state index is 13.6. The Balaban J connectivity index is 2.30. The molecule has 2 aromatic rings. The molecule has 0 bridgehead atoms. The molecule has 210 valence electrons. The predicted molar refractivity (Wildman–Crippen MR) is 156 cm³/mol. The Hall–Kier alpha value is -2.29. The SMILES string of the molecule is CCC(C)NC(=O)C(CC)N(Cc1c(Cl)cccc1Cl)C(=O)CCCN(c1ccc(C)c(C)c1)S(C)(=O)=O. The van der Waals surface area contributed by atoms with Crippen LogP contribution in [0, 0.1) is 13.8 Å². The molecule has 0 spiro atoms. The third-order valence-corrected chi connectivity index (χ3v) is 8.61. The summed E-state index contributed by atoms with van der Waals surface area (Å²) in [7, 11) is -3.57. The van der Waals surface area contributed by atoms with E-state index in [0.717, 1.165) is 23.8 Å². The van der Waals surface area contributed by atoms with Crippen molar-refractivity contribution in [1.82, 2.24) is 10.2 Å². The third-order valence-electron chi connectivity index (χ3n) is 6.71. The number of hydrogen-bond acceptors (Lipinski definition) is 4. The lowest BCUT2D eigenvalue weighted by Gasteiger charge is -2.32. The number of nitrogens with one attached hydrogen (secondary N) is 1. The molecule has 1 N–H and O–H groups in total. The Morgan fingerprint density at radius 1 is 1.00 bits per heavy atom. The number of carbonyl (C=O) groups excluding carboxylic acids is 2. The fraction of sp³-hybridized carbons (Fsp3) is 0.500. The van der Waals surface area contributed by atoms with Crippen molar-refractivity contribution in [2.75, 3.05) is 17.1 Å². The second-order valence-electron chi connectivity index (χ2n) is 9.67. The van der Waals surface area contributed by atoms with Crippen molar-refractivity contribution in [3.63, 3.8) is 0 Å². The van der Waals surface area contributed by atoms with Gasteiger partial charge in [0, 0.05) is 41.2 Å². The third kappa shape index (κ3) is 8.61. The first kappa shape index (κ1) is 31.9. The number of hydrogen-bond donors (Lipinski definition) is 1. The summed E-state index contributed by atoms with van der Waals surface area (Å²) in [6, 6.07) is 9.82. The molecule has 2 aromatic carbocycles. The summed E-state index contributed by atoms with van der Waals surface area (Å²) in [6.45, 7) is 9.82. The number of nitrogens with zero attached hydrogens (tertiary/aromatic N) is 2. The van der Waals surface area contributed by atoms with E-state index in [0.29, 0.717) is 27.7 Å². The number of amides is 2. The van der Waals surface area contributed by atoms with Gasteiger partial charge in [-0.2, -0.15) is 0 Å². The molecule has 38 heavy (non-hydrogen) atoms. The van der Waals surface area contributed by atoms with Crippen LogP contribution in [0.2, 0.25) is 10.0 Å². The summed E-state index contributed by atoms with van der Waals surface area (Å²) in [5.41, 5.74) is 3.16. The Bertz CT molecular complexity index is 1220. The molecule has 0 aliphatic carbocycles. The zero-order valence-corrected chi connectivity index (χ0v) is 25.4. The van der Waals surface area contributed by atoms with E-state index in [2.05, 4.69) is 5.32 Å². The van der Waals surface area contributed by atoms with E-state index in [1.807, 2.05) is 46.8 Å². The van der Waals surface area contributed by atoms with Crippen molar-refractivity contribution < 1.29 is 18.0 Å².